The van der Waals surface area contributed by atoms with Crippen molar-refractivity contribution < 1.29 is 13.9 Å². The molecule has 1 aromatic heterocycles. The number of halogens is 1. The second-order valence-corrected chi connectivity index (χ2v) is 5.31. The summed E-state index contributed by atoms with van der Waals surface area (Å²) >= 11 is 0. The summed E-state index contributed by atoms with van der Waals surface area (Å²) in [6.45, 7) is 3.13. The minimum absolute atomic E-state index is 0.126. The molecule has 0 fully saturated rings. The number of nitrogens with zero attached hydrogens (tertiary/aromatic N) is 2. The van der Waals surface area contributed by atoms with Crippen LogP contribution in [-0.4, -0.2) is 16.6 Å². The Morgan fingerprint density at radius 3 is 2.65 bits per heavy atom. The summed E-state index contributed by atoms with van der Waals surface area (Å²) in [5.41, 5.74) is 6.16. The maximum Gasteiger partial charge on any atom is 0.231 e. The van der Waals surface area contributed by atoms with Crippen molar-refractivity contribution >= 4 is 5.82 Å². The van der Waals surface area contributed by atoms with E-state index in [4.69, 9.17) is 15.2 Å². The number of aromatic nitrogens is 2. The van der Waals surface area contributed by atoms with Gasteiger partial charge < -0.3 is 15.2 Å². The third-order valence-electron chi connectivity index (χ3n) is 3.35. The molecule has 0 atom stereocenters. The molecule has 3 rings (SSSR count). The number of benzene rings is 1. The van der Waals surface area contributed by atoms with Gasteiger partial charge in [-0.25, -0.2) is 4.39 Å². The molecule has 1 aromatic carbocycles. The second-order valence-electron chi connectivity index (χ2n) is 5.31. The highest BCUT2D eigenvalue weighted by atomic mass is 19.1. The first-order valence-corrected chi connectivity index (χ1v) is 6.29. The standard InChI is InChI=1S/C14H16FN3O2/c1-14(2,15)8-4-9(10-6-12(16)18(3)17-10)13-11(5-8)19-7-20-13/h4-6H,7,16H2,1-3H3. The van der Waals surface area contributed by atoms with Gasteiger partial charge in [0.15, 0.2) is 11.5 Å². The van der Waals surface area contributed by atoms with Gasteiger partial charge in [-0.15, -0.1) is 0 Å². The van der Waals surface area contributed by atoms with Gasteiger partial charge in [0.05, 0.1) is 5.69 Å². The summed E-state index contributed by atoms with van der Waals surface area (Å²) < 4.78 is 26.6. The highest BCUT2D eigenvalue weighted by Crippen LogP contribution is 2.44. The van der Waals surface area contributed by atoms with Crippen LogP contribution in [0.15, 0.2) is 18.2 Å². The Labute approximate surface area is 116 Å². The molecule has 106 valence electrons. The van der Waals surface area contributed by atoms with E-state index in [-0.39, 0.29) is 6.79 Å². The Morgan fingerprint density at radius 1 is 1.30 bits per heavy atom. The van der Waals surface area contributed by atoms with Crippen molar-refractivity contribution in [3.8, 4) is 22.8 Å². The van der Waals surface area contributed by atoms with Crippen LogP contribution in [0.1, 0.15) is 19.4 Å². The third-order valence-corrected chi connectivity index (χ3v) is 3.35. The van der Waals surface area contributed by atoms with E-state index in [9.17, 15) is 4.39 Å². The highest BCUT2D eigenvalue weighted by Gasteiger charge is 2.27. The zero-order chi connectivity index (χ0) is 14.5. The molecular formula is C14H16FN3O2. The maximum absolute atomic E-state index is 14.2. The first-order chi connectivity index (χ1) is 9.36. The third kappa shape index (κ3) is 1.97. The number of hydrogen-bond acceptors (Lipinski definition) is 4. The summed E-state index contributed by atoms with van der Waals surface area (Å²) in [7, 11) is 1.75. The fourth-order valence-corrected chi connectivity index (χ4v) is 2.16. The fraction of sp³-hybridized carbons (Fsp3) is 0.357. The highest BCUT2D eigenvalue weighted by molar-refractivity contribution is 5.74. The zero-order valence-corrected chi connectivity index (χ0v) is 11.6. The smallest absolute Gasteiger partial charge is 0.231 e. The average molecular weight is 277 g/mol. The number of nitrogen functional groups attached to an aromatic ring is 1. The molecule has 0 radical (unpaired) electrons. The molecule has 0 saturated heterocycles. The molecule has 6 heteroatoms. The van der Waals surface area contributed by atoms with Crippen molar-refractivity contribution in [1.29, 1.82) is 0 Å². The largest absolute Gasteiger partial charge is 0.454 e. The molecule has 0 unspecified atom stereocenters. The van der Waals surface area contributed by atoms with Crippen LogP contribution in [0.4, 0.5) is 10.2 Å². The first-order valence-electron chi connectivity index (χ1n) is 6.29. The van der Waals surface area contributed by atoms with Gasteiger partial charge in [-0.1, -0.05) is 0 Å². The summed E-state index contributed by atoms with van der Waals surface area (Å²) in [6.07, 6.45) is 0. The SMILES string of the molecule is Cn1nc(-c2cc(C(C)(C)F)cc3c2OCO3)cc1N. The quantitative estimate of drug-likeness (QED) is 0.916. The fourth-order valence-electron chi connectivity index (χ4n) is 2.16. The number of nitrogens with two attached hydrogens (primary N) is 1. The Bertz CT molecular complexity index is 654. The van der Waals surface area contributed by atoms with Crippen LogP contribution in [0.5, 0.6) is 11.5 Å². The van der Waals surface area contributed by atoms with Crippen molar-refractivity contribution in [3.05, 3.63) is 23.8 Å². The lowest BCUT2D eigenvalue weighted by Crippen LogP contribution is -2.09. The second kappa shape index (κ2) is 4.13. The zero-order valence-electron chi connectivity index (χ0n) is 11.6. The Kier molecular flexibility index (Phi) is 2.64. The van der Waals surface area contributed by atoms with Crippen LogP contribution < -0.4 is 15.2 Å². The minimum atomic E-state index is -1.48. The summed E-state index contributed by atoms with van der Waals surface area (Å²) in [4.78, 5) is 0. The van der Waals surface area contributed by atoms with Crippen LogP contribution in [0, 0.1) is 0 Å². The van der Waals surface area contributed by atoms with E-state index in [1.165, 1.54) is 13.8 Å². The summed E-state index contributed by atoms with van der Waals surface area (Å²) in [5, 5.41) is 4.31. The lowest BCUT2D eigenvalue weighted by Gasteiger charge is -2.16. The van der Waals surface area contributed by atoms with E-state index < -0.39 is 5.67 Å². The topological polar surface area (TPSA) is 62.3 Å². The molecule has 2 heterocycles. The molecular weight excluding hydrogens is 261 g/mol. The molecule has 0 spiro atoms. The number of rotatable bonds is 2. The maximum atomic E-state index is 14.2. The monoisotopic (exact) mass is 277 g/mol. The Hall–Kier alpha value is -2.24. The molecule has 1 aliphatic rings. The van der Waals surface area contributed by atoms with E-state index in [1.54, 1.807) is 29.9 Å². The molecule has 0 bridgehead atoms. The molecule has 2 N–H and O–H groups in total. The van der Waals surface area contributed by atoms with Crippen LogP contribution in [-0.2, 0) is 12.7 Å². The minimum Gasteiger partial charge on any atom is -0.454 e. The molecule has 0 amide bonds. The predicted octanol–water partition coefficient (Wildman–Crippen LogP) is 2.60. The van der Waals surface area contributed by atoms with Crippen molar-refractivity contribution in [2.24, 2.45) is 7.05 Å². The first kappa shape index (κ1) is 12.8. The molecule has 1 aliphatic heterocycles. The van der Waals surface area contributed by atoms with E-state index in [0.717, 1.165) is 0 Å². The van der Waals surface area contributed by atoms with Crippen LogP contribution in [0.3, 0.4) is 0 Å². The summed E-state index contributed by atoms with van der Waals surface area (Å²) in [6, 6.07) is 5.12. The van der Waals surface area contributed by atoms with Gasteiger partial charge in [-0.3, -0.25) is 4.68 Å². The Balaban J connectivity index is 2.21. The Morgan fingerprint density at radius 2 is 2.05 bits per heavy atom. The van der Waals surface area contributed by atoms with Gasteiger partial charge in [0.2, 0.25) is 6.79 Å². The molecule has 20 heavy (non-hydrogen) atoms. The number of alkyl halides is 1. The van der Waals surface area contributed by atoms with E-state index in [2.05, 4.69) is 5.10 Å². The van der Waals surface area contributed by atoms with Crippen molar-refractivity contribution in [2.45, 2.75) is 19.5 Å². The molecule has 0 aliphatic carbocycles. The van der Waals surface area contributed by atoms with Gasteiger partial charge in [0.25, 0.3) is 0 Å². The number of anilines is 1. The average Bonchev–Trinajstić information content (AvgIpc) is 2.94. The van der Waals surface area contributed by atoms with Crippen molar-refractivity contribution in [3.63, 3.8) is 0 Å². The normalized spacial score (nSPS) is 13.8. The summed E-state index contributed by atoms with van der Waals surface area (Å²) in [5.74, 6) is 1.64. The van der Waals surface area contributed by atoms with Crippen LogP contribution in [0.2, 0.25) is 0 Å². The predicted molar refractivity (Wildman–Crippen MR) is 73.3 cm³/mol. The van der Waals surface area contributed by atoms with Gasteiger partial charge in [0.1, 0.15) is 11.5 Å². The number of hydrogen-bond donors (Lipinski definition) is 1. The lowest BCUT2D eigenvalue weighted by molar-refractivity contribution is 0.173. The van der Waals surface area contributed by atoms with E-state index in [1.807, 2.05) is 0 Å². The van der Waals surface area contributed by atoms with Gasteiger partial charge in [-0.05, 0) is 31.5 Å². The van der Waals surface area contributed by atoms with Gasteiger partial charge in [-0.2, -0.15) is 5.10 Å². The van der Waals surface area contributed by atoms with Crippen LogP contribution in [0.25, 0.3) is 11.3 Å². The van der Waals surface area contributed by atoms with Gasteiger partial charge in [0, 0.05) is 18.7 Å². The van der Waals surface area contributed by atoms with E-state index >= 15 is 0 Å². The molecule has 0 saturated carbocycles. The van der Waals surface area contributed by atoms with Gasteiger partial charge >= 0.3 is 0 Å². The van der Waals surface area contributed by atoms with E-state index in [0.29, 0.717) is 34.1 Å². The van der Waals surface area contributed by atoms with Crippen molar-refractivity contribution in [1.82, 2.24) is 9.78 Å². The number of aryl methyl sites for hydroxylation is 1. The van der Waals surface area contributed by atoms with Crippen molar-refractivity contribution in [2.75, 3.05) is 12.5 Å². The lowest BCUT2D eigenvalue weighted by atomic mass is 9.96. The molecule has 2 aromatic rings. The number of fused-ring (bicyclic) bond motifs is 1. The van der Waals surface area contributed by atoms with Crippen LogP contribution >= 0.6 is 0 Å². The number of ether oxygens (including phenoxy) is 2. The molecule has 5 nitrogen and oxygen atoms in total.